The van der Waals surface area contributed by atoms with Crippen molar-refractivity contribution in [2.75, 3.05) is 27.2 Å². The van der Waals surface area contributed by atoms with Gasteiger partial charge in [-0.2, -0.15) is 0 Å². The molecule has 1 fully saturated rings. The van der Waals surface area contributed by atoms with Crippen molar-refractivity contribution in [1.82, 2.24) is 15.1 Å². The van der Waals surface area contributed by atoms with Crippen molar-refractivity contribution in [1.29, 1.82) is 0 Å². The number of nitrogens with one attached hydrogen (secondary N) is 1. The predicted molar refractivity (Wildman–Crippen MR) is 77.8 cm³/mol. The fourth-order valence-electron chi connectivity index (χ4n) is 2.55. The van der Waals surface area contributed by atoms with E-state index in [0.717, 1.165) is 38.6 Å². The highest BCUT2D eigenvalue weighted by molar-refractivity contribution is 5.80. The van der Waals surface area contributed by atoms with Crippen molar-refractivity contribution in [2.24, 2.45) is 0 Å². The number of nitrogens with zero attached hydrogens (tertiary/aromatic N) is 2. The summed E-state index contributed by atoms with van der Waals surface area (Å²) in [6.07, 6.45) is 4.82. The summed E-state index contributed by atoms with van der Waals surface area (Å²) >= 11 is 0. The molecule has 6 nitrogen and oxygen atoms in total. The summed E-state index contributed by atoms with van der Waals surface area (Å²) < 4.78 is 0. The van der Waals surface area contributed by atoms with Crippen LogP contribution in [0, 0.1) is 0 Å². The number of carboxylic acid groups (broad SMARTS) is 1. The van der Waals surface area contributed by atoms with E-state index in [9.17, 15) is 9.59 Å². The smallest absolute Gasteiger partial charge is 0.323 e. The number of carbonyl (C=O) groups is 2. The van der Waals surface area contributed by atoms with Crippen LogP contribution in [-0.4, -0.2) is 66.2 Å². The third-order valence-corrected chi connectivity index (χ3v) is 3.71. The average Bonchev–Trinajstić information content (AvgIpc) is 2.86. The lowest BCUT2D eigenvalue weighted by atomic mass is 10.2. The maximum absolute atomic E-state index is 12.3. The van der Waals surface area contributed by atoms with Crippen LogP contribution in [0.15, 0.2) is 0 Å². The van der Waals surface area contributed by atoms with E-state index >= 15 is 0 Å². The van der Waals surface area contributed by atoms with E-state index < -0.39 is 5.97 Å². The molecule has 2 amide bonds. The standard InChI is InChI=1S/C14H27N3O3/c1-11(8-9-16(2)3)15-14(20)17(10-13(18)19)12-6-4-5-7-12/h11-12H,4-10H2,1-3H3,(H,15,20)(H,18,19). The summed E-state index contributed by atoms with van der Waals surface area (Å²) in [7, 11) is 3.98. The lowest BCUT2D eigenvalue weighted by Gasteiger charge is -2.29. The maximum atomic E-state index is 12.3. The van der Waals surface area contributed by atoms with Crippen molar-refractivity contribution >= 4 is 12.0 Å². The molecule has 1 aliphatic carbocycles. The Morgan fingerprint density at radius 1 is 1.30 bits per heavy atom. The molecule has 2 N–H and O–H groups in total. The predicted octanol–water partition coefficient (Wildman–Crippen LogP) is 1.37. The van der Waals surface area contributed by atoms with E-state index in [1.54, 1.807) is 0 Å². The molecule has 20 heavy (non-hydrogen) atoms. The molecule has 0 aromatic carbocycles. The minimum Gasteiger partial charge on any atom is -0.480 e. The zero-order chi connectivity index (χ0) is 15.1. The van der Waals surface area contributed by atoms with Gasteiger partial charge in [0.1, 0.15) is 6.54 Å². The van der Waals surface area contributed by atoms with Gasteiger partial charge in [-0.3, -0.25) is 4.79 Å². The fourth-order valence-corrected chi connectivity index (χ4v) is 2.55. The van der Waals surface area contributed by atoms with Gasteiger partial charge in [0.05, 0.1) is 0 Å². The van der Waals surface area contributed by atoms with Crippen LogP contribution < -0.4 is 5.32 Å². The number of amides is 2. The van der Waals surface area contributed by atoms with Crippen molar-refractivity contribution in [3.63, 3.8) is 0 Å². The van der Waals surface area contributed by atoms with E-state index in [-0.39, 0.29) is 24.7 Å². The van der Waals surface area contributed by atoms with Gasteiger partial charge in [-0.25, -0.2) is 4.79 Å². The molecule has 0 bridgehead atoms. The number of rotatable bonds is 7. The third-order valence-electron chi connectivity index (χ3n) is 3.71. The Morgan fingerprint density at radius 2 is 1.90 bits per heavy atom. The van der Waals surface area contributed by atoms with Gasteiger partial charge in [-0.05, 0) is 46.8 Å². The molecule has 0 aromatic rings. The summed E-state index contributed by atoms with van der Waals surface area (Å²) in [5.74, 6) is -0.951. The lowest BCUT2D eigenvalue weighted by Crippen LogP contribution is -2.50. The van der Waals surface area contributed by atoms with Crippen molar-refractivity contribution in [3.05, 3.63) is 0 Å². The molecule has 1 aliphatic rings. The van der Waals surface area contributed by atoms with Crippen LogP contribution in [0.5, 0.6) is 0 Å². The summed E-state index contributed by atoms with van der Waals surface area (Å²) in [5, 5.41) is 11.9. The number of aliphatic carboxylic acids is 1. The first-order chi connectivity index (χ1) is 9.40. The monoisotopic (exact) mass is 285 g/mol. The largest absolute Gasteiger partial charge is 0.480 e. The van der Waals surface area contributed by atoms with E-state index in [0.29, 0.717) is 0 Å². The molecular weight excluding hydrogens is 258 g/mol. The first kappa shape index (κ1) is 16.8. The Morgan fingerprint density at radius 3 is 2.40 bits per heavy atom. The van der Waals surface area contributed by atoms with Gasteiger partial charge >= 0.3 is 12.0 Å². The number of hydrogen-bond acceptors (Lipinski definition) is 3. The minimum absolute atomic E-state index is 0.0441. The molecule has 116 valence electrons. The zero-order valence-corrected chi connectivity index (χ0v) is 12.8. The zero-order valence-electron chi connectivity index (χ0n) is 12.8. The van der Waals surface area contributed by atoms with Gasteiger partial charge in [-0.15, -0.1) is 0 Å². The van der Waals surface area contributed by atoms with Crippen LogP contribution >= 0.6 is 0 Å². The summed E-state index contributed by atoms with van der Waals surface area (Å²) in [6, 6.07) is -0.125. The number of carboxylic acids is 1. The molecule has 1 unspecified atom stereocenters. The summed E-state index contributed by atoms with van der Waals surface area (Å²) in [4.78, 5) is 26.8. The van der Waals surface area contributed by atoms with Gasteiger partial charge in [-0.1, -0.05) is 12.8 Å². The second-order valence-electron chi connectivity index (χ2n) is 5.90. The molecule has 1 atom stereocenters. The Hall–Kier alpha value is -1.30. The number of carbonyl (C=O) groups excluding carboxylic acids is 1. The van der Waals surface area contributed by atoms with Crippen LogP contribution in [0.2, 0.25) is 0 Å². The van der Waals surface area contributed by atoms with Crippen LogP contribution in [0.25, 0.3) is 0 Å². The number of urea groups is 1. The molecule has 6 heteroatoms. The van der Waals surface area contributed by atoms with Gasteiger partial charge in [0.25, 0.3) is 0 Å². The molecule has 0 aliphatic heterocycles. The lowest BCUT2D eigenvalue weighted by molar-refractivity contribution is -0.138. The highest BCUT2D eigenvalue weighted by Crippen LogP contribution is 2.23. The second-order valence-corrected chi connectivity index (χ2v) is 5.90. The van der Waals surface area contributed by atoms with E-state index in [1.165, 1.54) is 4.90 Å². The summed E-state index contributed by atoms with van der Waals surface area (Å²) in [6.45, 7) is 2.63. The first-order valence-corrected chi connectivity index (χ1v) is 7.33. The maximum Gasteiger partial charge on any atom is 0.323 e. The fraction of sp³-hybridized carbons (Fsp3) is 0.857. The molecule has 0 aromatic heterocycles. The normalized spacial score (nSPS) is 17.2. The van der Waals surface area contributed by atoms with E-state index in [1.807, 2.05) is 21.0 Å². The molecule has 0 saturated heterocycles. The molecule has 0 heterocycles. The Balaban J connectivity index is 2.51. The van der Waals surface area contributed by atoms with Crippen molar-refractivity contribution < 1.29 is 14.7 Å². The van der Waals surface area contributed by atoms with Crippen LogP contribution in [-0.2, 0) is 4.79 Å². The molecule has 0 radical (unpaired) electrons. The second kappa shape index (κ2) is 8.09. The highest BCUT2D eigenvalue weighted by Gasteiger charge is 2.28. The quantitative estimate of drug-likeness (QED) is 0.741. The molecular formula is C14H27N3O3. The topological polar surface area (TPSA) is 72.9 Å². The third kappa shape index (κ3) is 5.77. The van der Waals surface area contributed by atoms with Gasteiger partial charge in [0, 0.05) is 12.1 Å². The van der Waals surface area contributed by atoms with Crippen LogP contribution in [0.3, 0.4) is 0 Å². The van der Waals surface area contributed by atoms with E-state index in [2.05, 4.69) is 10.2 Å². The highest BCUT2D eigenvalue weighted by atomic mass is 16.4. The average molecular weight is 285 g/mol. The Labute approximate surface area is 121 Å². The SMILES string of the molecule is CC(CCN(C)C)NC(=O)N(CC(=O)O)C1CCCC1. The first-order valence-electron chi connectivity index (χ1n) is 7.33. The number of hydrogen-bond donors (Lipinski definition) is 2. The van der Waals surface area contributed by atoms with Gasteiger partial charge in [0.2, 0.25) is 0 Å². The molecule has 1 saturated carbocycles. The van der Waals surface area contributed by atoms with Gasteiger partial charge < -0.3 is 20.2 Å². The summed E-state index contributed by atoms with van der Waals surface area (Å²) in [5.41, 5.74) is 0. The van der Waals surface area contributed by atoms with Crippen LogP contribution in [0.4, 0.5) is 4.79 Å². The van der Waals surface area contributed by atoms with Gasteiger partial charge in [0.15, 0.2) is 0 Å². The van der Waals surface area contributed by atoms with Crippen molar-refractivity contribution in [3.8, 4) is 0 Å². The molecule has 0 spiro atoms. The molecule has 1 rings (SSSR count). The van der Waals surface area contributed by atoms with Crippen LogP contribution in [0.1, 0.15) is 39.0 Å². The van der Waals surface area contributed by atoms with E-state index in [4.69, 9.17) is 5.11 Å². The van der Waals surface area contributed by atoms with Crippen molar-refractivity contribution in [2.45, 2.75) is 51.1 Å². The Kier molecular flexibility index (Phi) is 6.78. The Bertz CT molecular complexity index is 328. The minimum atomic E-state index is -0.951.